The molecule has 2 saturated heterocycles. The number of ketones is 2. The Bertz CT molecular complexity index is 1480. The highest BCUT2D eigenvalue weighted by Crippen LogP contribution is 2.39. The second-order valence-electron chi connectivity index (χ2n) is 17.3. The van der Waals surface area contributed by atoms with Crippen LogP contribution in [0.5, 0.6) is 0 Å². The zero-order chi connectivity index (χ0) is 42.2. The number of methoxy groups -OCH3 is 3. The van der Waals surface area contributed by atoms with Crippen LogP contribution in [-0.2, 0) is 42.9 Å². The summed E-state index contributed by atoms with van der Waals surface area (Å²) in [5, 5.41) is 34.1. The monoisotopic (exact) mass is 803 g/mol. The van der Waals surface area contributed by atoms with Gasteiger partial charge in [0.1, 0.15) is 24.0 Å². The highest BCUT2D eigenvalue weighted by Gasteiger charge is 2.56. The van der Waals surface area contributed by atoms with E-state index in [0.717, 1.165) is 5.57 Å². The highest BCUT2D eigenvalue weighted by molar-refractivity contribution is 6.39. The van der Waals surface area contributed by atoms with Crippen molar-refractivity contribution in [2.45, 2.75) is 160 Å². The first-order chi connectivity index (χ1) is 27.0. The Morgan fingerprint density at radius 2 is 1.60 bits per heavy atom. The van der Waals surface area contributed by atoms with Crippen LogP contribution in [0.2, 0.25) is 0 Å². The average Bonchev–Trinajstić information content (AvgIpc) is 3.18. The molecule has 4 rings (SSSR count). The molecule has 1 saturated carbocycles. The fourth-order valence-corrected chi connectivity index (χ4v) is 9.42. The van der Waals surface area contributed by atoms with Gasteiger partial charge in [0.05, 0.1) is 30.5 Å². The third kappa shape index (κ3) is 11.3. The molecule has 2 bridgehead atoms. The Hall–Kier alpha value is -2.78. The molecule has 322 valence electrons. The van der Waals surface area contributed by atoms with Crippen LogP contribution < -0.4 is 0 Å². The number of carbonyl (C=O) groups is 4. The minimum Gasteiger partial charge on any atom is -0.456 e. The number of Topliss-reactive ketones (excluding diaryl/α,β-unsaturated/α-hetero) is 2. The van der Waals surface area contributed by atoms with Gasteiger partial charge in [-0.1, -0.05) is 44.6 Å². The molecule has 57 heavy (non-hydrogen) atoms. The van der Waals surface area contributed by atoms with Gasteiger partial charge in [0.25, 0.3) is 11.7 Å². The molecule has 0 spiro atoms. The third-order valence-corrected chi connectivity index (χ3v) is 12.9. The van der Waals surface area contributed by atoms with Crippen molar-refractivity contribution in [2.24, 2.45) is 29.6 Å². The fourth-order valence-electron chi connectivity index (χ4n) is 9.42. The molecule has 0 radical (unpaired) electrons. The van der Waals surface area contributed by atoms with Crippen LogP contribution >= 0.6 is 0 Å². The van der Waals surface area contributed by atoms with Gasteiger partial charge in [0.2, 0.25) is 5.79 Å². The van der Waals surface area contributed by atoms with E-state index in [1.54, 1.807) is 27.0 Å². The molecule has 0 aromatic heterocycles. The number of ether oxygens (including phenoxy) is 5. The van der Waals surface area contributed by atoms with Gasteiger partial charge in [-0.05, 0) is 95.5 Å². The maximum atomic E-state index is 14.3. The molecule has 0 unspecified atom stereocenters. The molecule has 13 heteroatoms. The predicted octanol–water partition coefficient (Wildman–Crippen LogP) is 4.64. The van der Waals surface area contributed by atoms with Crippen LogP contribution in [0.25, 0.3) is 0 Å². The van der Waals surface area contributed by atoms with Crippen LogP contribution in [0, 0.1) is 29.6 Å². The Morgan fingerprint density at radius 1 is 0.930 bits per heavy atom. The number of rotatable bonds is 7. The number of esters is 1. The number of allylic oxidation sites excluding steroid dienone is 4. The first kappa shape index (κ1) is 46.9. The van der Waals surface area contributed by atoms with E-state index in [2.05, 4.69) is 6.58 Å². The maximum Gasteiger partial charge on any atom is 0.329 e. The summed E-state index contributed by atoms with van der Waals surface area (Å²) in [6.45, 7) is 13.1. The lowest BCUT2D eigenvalue weighted by Crippen LogP contribution is -2.64. The number of hydrogen-bond donors (Lipinski definition) is 3. The SMILES string of the molecule is C=CC[C@@H]1/C=C(\C)C[C@H](C)C[C@H](OC)[C@@H]2O[C@@](O)(C(=O)C(=O)N3CCCC[C@H]3C(=O)O[C@H](/C(C)=C/[C@@H]3CC[C@@H](O)[C@H](OC)C3)[C@H](C)[C@@H](O)CC1=O)[C@H](C)C[C@@H]2OC. The van der Waals surface area contributed by atoms with Gasteiger partial charge in [-0.2, -0.15) is 0 Å². The van der Waals surface area contributed by atoms with Crippen molar-refractivity contribution in [3.8, 4) is 0 Å². The van der Waals surface area contributed by atoms with Crippen LogP contribution in [0.4, 0.5) is 0 Å². The van der Waals surface area contributed by atoms with E-state index in [-0.39, 0.29) is 49.5 Å². The number of amides is 1. The van der Waals surface area contributed by atoms with Gasteiger partial charge in [0, 0.05) is 52.0 Å². The molecule has 0 aromatic rings. The number of nitrogens with zero attached hydrogens (tertiary/aromatic N) is 1. The van der Waals surface area contributed by atoms with Gasteiger partial charge >= 0.3 is 5.97 Å². The first-order valence-corrected chi connectivity index (χ1v) is 20.9. The van der Waals surface area contributed by atoms with Crippen molar-refractivity contribution in [3.63, 3.8) is 0 Å². The Balaban J connectivity index is 1.78. The summed E-state index contributed by atoms with van der Waals surface area (Å²) in [6.07, 6.45) is 4.93. The van der Waals surface area contributed by atoms with Crippen LogP contribution in [0.15, 0.2) is 36.0 Å². The van der Waals surface area contributed by atoms with Gasteiger partial charge in [-0.15, -0.1) is 6.58 Å². The maximum absolute atomic E-state index is 14.3. The van der Waals surface area contributed by atoms with E-state index >= 15 is 0 Å². The zero-order valence-electron chi connectivity index (χ0n) is 35.4. The molecule has 3 heterocycles. The van der Waals surface area contributed by atoms with Crippen LogP contribution in [0.3, 0.4) is 0 Å². The number of cyclic esters (lactones) is 1. The number of hydrogen-bond acceptors (Lipinski definition) is 12. The van der Waals surface area contributed by atoms with E-state index in [9.17, 15) is 34.5 Å². The van der Waals surface area contributed by atoms with Gasteiger partial charge in [-0.25, -0.2) is 4.79 Å². The van der Waals surface area contributed by atoms with Crippen molar-refractivity contribution >= 4 is 23.4 Å². The summed E-state index contributed by atoms with van der Waals surface area (Å²) in [6, 6.07) is -1.14. The lowest BCUT2D eigenvalue weighted by atomic mass is 9.81. The molecule has 14 atom stereocenters. The van der Waals surface area contributed by atoms with E-state index < -0.39 is 83.9 Å². The Morgan fingerprint density at radius 3 is 2.25 bits per heavy atom. The van der Waals surface area contributed by atoms with E-state index in [4.69, 9.17) is 23.7 Å². The van der Waals surface area contributed by atoms with E-state index in [1.807, 2.05) is 32.9 Å². The lowest BCUT2D eigenvalue weighted by Gasteiger charge is -2.47. The van der Waals surface area contributed by atoms with Crippen LogP contribution in [-0.4, -0.2) is 126 Å². The smallest absolute Gasteiger partial charge is 0.329 e. The quantitative estimate of drug-likeness (QED) is 0.185. The summed E-state index contributed by atoms with van der Waals surface area (Å²) in [4.78, 5) is 57.8. The summed E-state index contributed by atoms with van der Waals surface area (Å²) in [7, 11) is 4.61. The first-order valence-electron chi connectivity index (χ1n) is 20.9. The topological polar surface area (TPSA) is 178 Å². The molecule has 13 nitrogen and oxygen atoms in total. The second kappa shape index (κ2) is 21.0. The number of aliphatic hydroxyl groups excluding tert-OH is 2. The predicted molar refractivity (Wildman–Crippen MR) is 213 cm³/mol. The minimum atomic E-state index is -2.51. The fraction of sp³-hybridized carbons (Fsp3) is 0.773. The highest BCUT2D eigenvalue weighted by atomic mass is 16.7. The van der Waals surface area contributed by atoms with Gasteiger partial charge in [-0.3, -0.25) is 14.4 Å². The molecule has 0 aromatic carbocycles. The molecule has 4 aliphatic rings. The van der Waals surface area contributed by atoms with Gasteiger partial charge < -0.3 is 43.9 Å². The molecular formula is C44H69NO12. The van der Waals surface area contributed by atoms with E-state index in [0.29, 0.717) is 56.9 Å². The largest absolute Gasteiger partial charge is 0.456 e. The Kier molecular flexibility index (Phi) is 17.2. The number of piperidine rings is 1. The van der Waals surface area contributed by atoms with Crippen molar-refractivity contribution in [1.82, 2.24) is 4.90 Å². The van der Waals surface area contributed by atoms with Crippen LogP contribution in [0.1, 0.15) is 105 Å². The standard InChI is InChI=1S/C44H69NO12/c1-10-13-31-19-25(2)18-26(3)20-37(54-8)40-38(55-9)22-28(5)44(52,57-40)41(49)42(50)45-17-12-11-14-32(45)43(51)56-39(29(6)34(47)24-35(31)48)27(4)21-30-15-16-33(46)36(23-30)53-7/h10,19,21,26,28-34,36-40,46-47,52H,1,11-18,20,22-24H2,2-9H3/b25-19+,27-21+/t26-,28+,29+,30-,31+,32-,33+,34-,36+,37-,38-,39+,40-,44+/m0/s1. The number of aliphatic hydroxyl groups is 3. The molecule has 3 fully saturated rings. The molecule has 3 aliphatic heterocycles. The third-order valence-electron chi connectivity index (χ3n) is 12.9. The van der Waals surface area contributed by atoms with Crippen molar-refractivity contribution in [1.29, 1.82) is 0 Å². The van der Waals surface area contributed by atoms with Gasteiger partial charge in [0.15, 0.2) is 0 Å². The zero-order valence-corrected chi connectivity index (χ0v) is 35.4. The summed E-state index contributed by atoms with van der Waals surface area (Å²) < 4.78 is 29.7. The number of fused-ring (bicyclic) bond motifs is 3. The number of carbonyl (C=O) groups excluding carboxylic acids is 4. The van der Waals surface area contributed by atoms with Crippen molar-refractivity contribution in [3.05, 3.63) is 36.0 Å². The summed E-state index contributed by atoms with van der Waals surface area (Å²) in [5.41, 5.74) is 1.61. The lowest BCUT2D eigenvalue weighted by molar-refractivity contribution is -0.302. The molecule has 1 aliphatic carbocycles. The minimum absolute atomic E-state index is 0.00988. The summed E-state index contributed by atoms with van der Waals surface area (Å²) >= 11 is 0. The second-order valence-corrected chi connectivity index (χ2v) is 17.3. The molecular weight excluding hydrogens is 734 g/mol. The Labute approximate surface area is 339 Å². The van der Waals surface area contributed by atoms with Crippen molar-refractivity contribution < 1.29 is 58.2 Å². The van der Waals surface area contributed by atoms with Crippen molar-refractivity contribution in [2.75, 3.05) is 27.9 Å². The normalized spacial score (nSPS) is 41.0. The average molecular weight is 804 g/mol. The summed E-state index contributed by atoms with van der Waals surface area (Å²) in [5.74, 6) is -7.76. The molecule has 1 amide bonds. The van der Waals surface area contributed by atoms with E-state index in [1.165, 1.54) is 19.1 Å². The molecule has 3 N–H and O–H groups in total.